The topological polar surface area (TPSA) is 21.8 Å². The van der Waals surface area contributed by atoms with Crippen molar-refractivity contribution in [3.8, 4) is 0 Å². The van der Waals surface area contributed by atoms with Crippen molar-refractivity contribution in [2.24, 2.45) is 0 Å². The van der Waals surface area contributed by atoms with E-state index in [1.807, 2.05) is 6.07 Å². The van der Waals surface area contributed by atoms with Gasteiger partial charge < -0.3 is 9.47 Å². The molecule has 2 atom stereocenters. The van der Waals surface area contributed by atoms with Crippen molar-refractivity contribution in [1.29, 1.82) is 0 Å². The lowest BCUT2D eigenvalue weighted by Gasteiger charge is -2.15. The van der Waals surface area contributed by atoms with Gasteiger partial charge in [0.15, 0.2) is 0 Å². The molecular weight excluding hydrogens is 552 g/mol. The van der Waals surface area contributed by atoms with Gasteiger partial charge in [0.05, 0.1) is 13.2 Å². The molecule has 0 bridgehead atoms. The van der Waals surface area contributed by atoms with E-state index in [0.29, 0.717) is 6.61 Å². The van der Waals surface area contributed by atoms with Gasteiger partial charge in [0.2, 0.25) is 0 Å². The Morgan fingerprint density at radius 2 is 1.88 bits per heavy atom. The molecule has 1 heterocycles. The summed E-state index contributed by atoms with van der Waals surface area (Å²) in [6.07, 6.45) is 0.260. The summed E-state index contributed by atoms with van der Waals surface area (Å²) in [5.74, 6) is 0. The Labute approximate surface area is 141 Å². The molecular formula is C10H7Br5O2. The number of halogens is 5. The number of epoxide rings is 1. The summed E-state index contributed by atoms with van der Waals surface area (Å²) in [6.45, 7) is 1.41. The largest absolute Gasteiger partial charge is 0.371 e. The molecule has 7 heteroatoms. The molecule has 0 radical (unpaired) electrons. The molecule has 0 aliphatic carbocycles. The fourth-order valence-corrected chi connectivity index (χ4v) is 4.28. The number of hydrogen-bond acceptors (Lipinski definition) is 2. The third-order valence-electron chi connectivity index (χ3n) is 2.21. The second kappa shape index (κ2) is 6.33. The average Bonchev–Trinajstić information content (AvgIpc) is 3.12. The predicted octanol–water partition coefficient (Wildman–Crippen LogP) is 5.55. The Morgan fingerprint density at radius 3 is 2.47 bits per heavy atom. The van der Waals surface area contributed by atoms with Gasteiger partial charge in [-0.15, -0.1) is 0 Å². The highest BCUT2D eigenvalue weighted by Gasteiger charge is 2.25. The lowest BCUT2D eigenvalue weighted by molar-refractivity contribution is 0.101. The molecule has 0 amide bonds. The third kappa shape index (κ3) is 3.77. The minimum absolute atomic E-state index is 0.165. The van der Waals surface area contributed by atoms with Gasteiger partial charge >= 0.3 is 0 Å². The molecule has 94 valence electrons. The molecule has 1 aliphatic heterocycles. The van der Waals surface area contributed by atoms with Crippen molar-refractivity contribution in [1.82, 2.24) is 0 Å². The van der Waals surface area contributed by atoms with Gasteiger partial charge in [0, 0.05) is 23.5 Å². The predicted molar refractivity (Wildman–Crippen MR) is 84.6 cm³/mol. The average molecular weight is 559 g/mol. The van der Waals surface area contributed by atoms with Gasteiger partial charge in [-0.05, 0) is 69.8 Å². The van der Waals surface area contributed by atoms with Gasteiger partial charge in [0.25, 0.3) is 0 Å². The second-order valence-electron chi connectivity index (χ2n) is 3.49. The fourth-order valence-electron chi connectivity index (χ4n) is 1.20. The first-order chi connectivity index (χ1) is 8.00. The van der Waals surface area contributed by atoms with Crippen LogP contribution in [0.5, 0.6) is 0 Å². The standard InChI is InChI=1S/C10H7Br5O2/c11-6-1-5(7(12)9(14)8(6)13)10(15)17-3-4-2-16-4/h1,4,10H,2-3H2. The fraction of sp³-hybridized carbons (Fsp3) is 0.400. The first-order valence-electron chi connectivity index (χ1n) is 4.71. The SMILES string of the molecule is Brc1cc(C(Br)OCC2CO2)c(Br)c(Br)c1Br. The van der Waals surface area contributed by atoms with Crippen LogP contribution < -0.4 is 0 Å². The van der Waals surface area contributed by atoms with E-state index in [1.54, 1.807) is 0 Å². The molecule has 2 unspecified atom stereocenters. The molecule has 0 N–H and O–H groups in total. The minimum atomic E-state index is -0.165. The van der Waals surface area contributed by atoms with Crippen molar-refractivity contribution < 1.29 is 9.47 Å². The van der Waals surface area contributed by atoms with E-state index in [-0.39, 0.29) is 11.1 Å². The Morgan fingerprint density at radius 1 is 1.24 bits per heavy atom. The smallest absolute Gasteiger partial charge is 0.138 e. The van der Waals surface area contributed by atoms with Crippen LogP contribution in [0.1, 0.15) is 10.6 Å². The summed E-state index contributed by atoms with van der Waals surface area (Å²) in [5.41, 5.74) is 1.02. The zero-order valence-corrected chi connectivity index (χ0v) is 16.3. The molecule has 2 rings (SSSR count). The van der Waals surface area contributed by atoms with E-state index in [0.717, 1.165) is 30.1 Å². The Kier molecular flexibility index (Phi) is 5.56. The first kappa shape index (κ1) is 14.9. The highest BCUT2D eigenvalue weighted by molar-refractivity contribution is 9.15. The minimum Gasteiger partial charge on any atom is -0.371 e. The Bertz CT molecular complexity index is 433. The maximum atomic E-state index is 5.69. The van der Waals surface area contributed by atoms with Crippen molar-refractivity contribution in [2.45, 2.75) is 11.1 Å². The van der Waals surface area contributed by atoms with Crippen LogP contribution in [0, 0.1) is 0 Å². The third-order valence-corrected chi connectivity index (χ3v) is 7.66. The highest BCUT2D eigenvalue weighted by Crippen LogP contribution is 2.43. The van der Waals surface area contributed by atoms with E-state index in [2.05, 4.69) is 79.6 Å². The summed E-state index contributed by atoms with van der Waals surface area (Å²) in [7, 11) is 0. The maximum Gasteiger partial charge on any atom is 0.138 e. The normalized spacial score (nSPS) is 20.4. The van der Waals surface area contributed by atoms with Crippen molar-refractivity contribution in [2.75, 3.05) is 13.2 Å². The van der Waals surface area contributed by atoms with Crippen LogP contribution in [0.15, 0.2) is 24.0 Å². The summed E-state index contributed by atoms with van der Waals surface area (Å²) in [4.78, 5) is 0. The molecule has 0 spiro atoms. The molecule has 2 nitrogen and oxygen atoms in total. The van der Waals surface area contributed by atoms with Crippen LogP contribution in [0.3, 0.4) is 0 Å². The van der Waals surface area contributed by atoms with Gasteiger partial charge in [0.1, 0.15) is 11.1 Å². The highest BCUT2D eigenvalue weighted by atomic mass is 79.9. The number of hydrogen-bond donors (Lipinski definition) is 0. The summed E-state index contributed by atoms with van der Waals surface area (Å²) in [5, 5.41) is -0.165. The molecule has 1 fully saturated rings. The van der Waals surface area contributed by atoms with E-state index in [4.69, 9.17) is 9.47 Å². The van der Waals surface area contributed by atoms with Crippen LogP contribution in [-0.2, 0) is 9.47 Å². The van der Waals surface area contributed by atoms with Crippen LogP contribution >= 0.6 is 79.6 Å². The number of ether oxygens (including phenoxy) is 2. The van der Waals surface area contributed by atoms with Crippen LogP contribution in [0.25, 0.3) is 0 Å². The zero-order valence-electron chi connectivity index (χ0n) is 8.35. The zero-order chi connectivity index (χ0) is 12.6. The number of alkyl halides is 1. The van der Waals surface area contributed by atoms with Crippen LogP contribution in [0.2, 0.25) is 0 Å². The lowest BCUT2D eigenvalue weighted by Crippen LogP contribution is -2.05. The summed E-state index contributed by atoms with van der Waals surface area (Å²) < 4.78 is 14.7. The van der Waals surface area contributed by atoms with Crippen molar-refractivity contribution >= 4 is 79.6 Å². The number of benzene rings is 1. The van der Waals surface area contributed by atoms with Gasteiger partial charge in [-0.3, -0.25) is 0 Å². The van der Waals surface area contributed by atoms with Crippen molar-refractivity contribution in [3.63, 3.8) is 0 Å². The molecule has 0 saturated carbocycles. The summed E-state index contributed by atoms with van der Waals surface area (Å²) in [6, 6.07) is 2.01. The molecule has 1 aliphatic rings. The van der Waals surface area contributed by atoms with E-state index < -0.39 is 0 Å². The van der Waals surface area contributed by atoms with E-state index in [1.165, 1.54) is 0 Å². The van der Waals surface area contributed by atoms with Gasteiger partial charge in [-0.2, -0.15) is 0 Å². The maximum absolute atomic E-state index is 5.69. The lowest BCUT2D eigenvalue weighted by atomic mass is 10.2. The monoisotopic (exact) mass is 554 g/mol. The Balaban J connectivity index is 2.18. The molecule has 17 heavy (non-hydrogen) atoms. The first-order valence-corrected chi connectivity index (χ1v) is 8.79. The molecule has 0 aromatic heterocycles. The van der Waals surface area contributed by atoms with Crippen LogP contribution in [0.4, 0.5) is 0 Å². The molecule has 1 aromatic rings. The summed E-state index contributed by atoms with van der Waals surface area (Å²) >= 11 is 17.6. The quantitative estimate of drug-likeness (QED) is 0.209. The molecule has 1 saturated heterocycles. The van der Waals surface area contributed by atoms with Gasteiger partial charge in [-0.25, -0.2) is 0 Å². The van der Waals surface area contributed by atoms with Crippen molar-refractivity contribution in [3.05, 3.63) is 29.5 Å². The Hall–Kier alpha value is 1.54. The van der Waals surface area contributed by atoms with E-state index in [9.17, 15) is 0 Å². The van der Waals surface area contributed by atoms with Gasteiger partial charge in [-0.1, -0.05) is 15.9 Å². The van der Waals surface area contributed by atoms with Crippen LogP contribution in [-0.4, -0.2) is 19.3 Å². The second-order valence-corrected chi connectivity index (χ2v) is 7.56. The van der Waals surface area contributed by atoms with E-state index >= 15 is 0 Å². The molecule has 1 aromatic carbocycles. The number of rotatable bonds is 4.